The van der Waals surface area contributed by atoms with Crippen molar-refractivity contribution in [2.24, 2.45) is 0 Å². The predicted octanol–water partition coefficient (Wildman–Crippen LogP) is 0.742. The monoisotopic (exact) mass is 266 g/mol. The summed E-state index contributed by atoms with van der Waals surface area (Å²) in [5.74, 6) is 0. The average Bonchev–Trinajstić information content (AvgIpc) is 2.14. The van der Waals surface area contributed by atoms with Crippen molar-refractivity contribution in [3.8, 4) is 0 Å². The highest BCUT2D eigenvalue weighted by molar-refractivity contribution is 7.86. The fourth-order valence-electron chi connectivity index (χ4n) is 1.24. The maximum Gasteiger partial charge on any atom is 0.294 e. The van der Waals surface area contributed by atoms with Crippen molar-refractivity contribution in [1.29, 1.82) is 0 Å². The summed E-state index contributed by atoms with van der Waals surface area (Å²) < 4.78 is 61.1. The molecule has 0 radical (unpaired) electrons. The Balaban J connectivity index is 3.52. The van der Waals surface area contributed by atoms with Crippen LogP contribution in [0.4, 0.5) is 0 Å². The van der Waals surface area contributed by atoms with E-state index in [1.165, 1.54) is 0 Å². The van der Waals surface area contributed by atoms with E-state index in [1.54, 1.807) is 6.92 Å². The van der Waals surface area contributed by atoms with Crippen molar-refractivity contribution < 1.29 is 25.9 Å². The Hall–Kier alpha value is -0.960. The Morgan fingerprint density at radius 2 is 1.62 bits per heavy atom. The number of hydrogen-bond donors (Lipinski definition) is 2. The van der Waals surface area contributed by atoms with Gasteiger partial charge in [0.25, 0.3) is 20.2 Å². The highest BCUT2D eigenvalue weighted by atomic mass is 32.2. The van der Waals surface area contributed by atoms with Crippen molar-refractivity contribution in [3.05, 3.63) is 23.8 Å². The first-order chi connectivity index (χ1) is 7.16. The predicted molar refractivity (Wildman–Crippen MR) is 55.4 cm³/mol. The van der Waals surface area contributed by atoms with Gasteiger partial charge in [0.05, 0.1) is 9.79 Å². The fraction of sp³-hybridized carbons (Fsp3) is 0.250. The topological polar surface area (TPSA) is 109 Å². The first kappa shape index (κ1) is 13.1. The first-order valence-corrected chi connectivity index (χ1v) is 7.12. The standard InChI is InChI=1S/C8H10O6S2/c1-2-6-5-7(15(9,10)11)3-4-8(6)16(12,13)14/h3-5H,2H2,1H3,(H,9,10,11)(H,12,13,14). The maximum absolute atomic E-state index is 10.9. The summed E-state index contributed by atoms with van der Waals surface area (Å²) in [6.45, 7) is 1.60. The van der Waals surface area contributed by atoms with Gasteiger partial charge in [0.1, 0.15) is 0 Å². The lowest BCUT2D eigenvalue weighted by molar-refractivity contribution is 0.477. The molecule has 0 bridgehead atoms. The van der Waals surface area contributed by atoms with Crippen molar-refractivity contribution in [2.75, 3.05) is 0 Å². The molecule has 0 spiro atoms. The Labute approximate surface area is 93.4 Å². The lowest BCUT2D eigenvalue weighted by atomic mass is 10.2. The van der Waals surface area contributed by atoms with Crippen LogP contribution in [0.25, 0.3) is 0 Å². The Kier molecular flexibility index (Phi) is 3.38. The summed E-state index contributed by atoms with van der Waals surface area (Å²) in [5, 5.41) is 0. The molecule has 0 atom stereocenters. The SMILES string of the molecule is CCc1cc(S(=O)(=O)O)ccc1S(=O)(=O)O. The molecule has 0 saturated carbocycles. The van der Waals surface area contributed by atoms with Gasteiger partial charge in [-0.05, 0) is 30.2 Å². The molecule has 16 heavy (non-hydrogen) atoms. The molecule has 0 aromatic heterocycles. The van der Waals surface area contributed by atoms with Crippen molar-refractivity contribution in [2.45, 2.75) is 23.1 Å². The van der Waals surface area contributed by atoms with Crippen LogP contribution in [0.5, 0.6) is 0 Å². The smallest absolute Gasteiger partial charge is 0.282 e. The van der Waals surface area contributed by atoms with E-state index < -0.39 is 25.1 Å². The van der Waals surface area contributed by atoms with Crippen LogP contribution in [0.15, 0.2) is 28.0 Å². The minimum Gasteiger partial charge on any atom is -0.282 e. The highest BCUT2D eigenvalue weighted by Gasteiger charge is 2.18. The minimum atomic E-state index is -4.38. The molecule has 90 valence electrons. The van der Waals surface area contributed by atoms with Gasteiger partial charge in [0.2, 0.25) is 0 Å². The number of benzene rings is 1. The molecule has 1 aromatic rings. The lowest BCUT2D eigenvalue weighted by Gasteiger charge is -2.06. The van der Waals surface area contributed by atoms with Crippen LogP contribution in [0.2, 0.25) is 0 Å². The van der Waals surface area contributed by atoms with Gasteiger partial charge < -0.3 is 0 Å². The Morgan fingerprint density at radius 1 is 1.06 bits per heavy atom. The maximum atomic E-state index is 10.9. The quantitative estimate of drug-likeness (QED) is 0.781. The van der Waals surface area contributed by atoms with Gasteiger partial charge in [0.15, 0.2) is 0 Å². The number of rotatable bonds is 3. The first-order valence-electron chi connectivity index (χ1n) is 4.24. The van der Waals surface area contributed by atoms with E-state index in [4.69, 9.17) is 9.11 Å². The zero-order valence-electron chi connectivity index (χ0n) is 8.28. The molecular weight excluding hydrogens is 256 g/mol. The normalized spacial score (nSPS) is 12.7. The van der Waals surface area contributed by atoms with Crippen LogP contribution in [0, 0.1) is 0 Å². The molecule has 0 fully saturated rings. The third kappa shape index (κ3) is 2.79. The second-order valence-corrected chi connectivity index (χ2v) is 5.88. The second kappa shape index (κ2) is 4.13. The van der Waals surface area contributed by atoms with Crippen LogP contribution in [0.3, 0.4) is 0 Å². The molecule has 0 heterocycles. The van der Waals surface area contributed by atoms with E-state index in [1.807, 2.05) is 0 Å². The molecule has 8 heteroatoms. The molecule has 2 N–H and O–H groups in total. The Bertz CT molecular complexity index is 599. The summed E-state index contributed by atoms with van der Waals surface area (Å²) in [4.78, 5) is -0.765. The molecule has 0 saturated heterocycles. The van der Waals surface area contributed by atoms with E-state index in [9.17, 15) is 16.8 Å². The van der Waals surface area contributed by atoms with Crippen LogP contribution in [-0.4, -0.2) is 25.9 Å². The van der Waals surface area contributed by atoms with E-state index in [-0.39, 0.29) is 16.9 Å². The third-order valence-electron chi connectivity index (χ3n) is 1.99. The van der Waals surface area contributed by atoms with Gasteiger partial charge in [-0.25, -0.2) is 0 Å². The van der Waals surface area contributed by atoms with Crippen LogP contribution < -0.4 is 0 Å². The zero-order valence-corrected chi connectivity index (χ0v) is 9.92. The van der Waals surface area contributed by atoms with Crippen molar-refractivity contribution in [3.63, 3.8) is 0 Å². The summed E-state index contributed by atoms with van der Waals surface area (Å²) in [5.41, 5.74) is 0.123. The fourth-order valence-corrected chi connectivity index (χ4v) is 2.55. The van der Waals surface area contributed by atoms with E-state index in [0.29, 0.717) is 0 Å². The van der Waals surface area contributed by atoms with Crippen LogP contribution >= 0.6 is 0 Å². The van der Waals surface area contributed by atoms with Gasteiger partial charge in [-0.1, -0.05) is 6.92 Å². The summed E-state index contributed by atoms with van der Waals surface area (Å²) >= 11 is 0. The summed E-state index contributed by atoms with van der Waals surface area (Å²) in [6.07, 6.45) is 0.207. The largest absolute Gasteiger partial charge is 0.294 e. The highest BCUT2D eigenvalue weighted by Crippen LogP contribution is 2.20. The van der Waals surface area contributed by atoms with E-state index >= 15 is 0 Å². The summed E-state index contributed by atoms with van der Waals surface area (Å²) in [7, 11) is -8.76. The van der Waals surface area contributed by atoms with Gasteiger partial charge >= 0.3 is 0 Å². The Morgan fingerprint density at radius 3 is 2.00 bits per heavy atom. The van der Waals surface area contributed by atoms with Crippen LogP contribution in [-0.2, 0) is 26.7 Å². The zero-order chi connectivity index (χ0) is 12.6. The second-order valence-electron chi connectivity index (χ2n) is 3.07. The molecule has 0 aliphatic carbocycles. The minimum absolute atomic E-state index is 0.123. The molecule has 1 aromatic carbocycles. The number of hydrogen-bond acceptors (Lipinski definition) is 4. The van der Waals surface area contributed by atoms with E-state index in [2.05, 4.69) is 0 Å². The molecule has 0 aliphatic heterocycles. The lowest BCUT2D eigenvalue weighted by Crippen LogP contribution is -2.05. The average molecular weight is 266 g/mol. The van der Waals surface area contributed by atoms with Gasteiger partial charge in [-0.3, -0.25) is 9.11 Å². The van der Waals surface area contributed by atoms with Gasteiger partial charge in [-0.2, -0.15) is 16.8 Å². The van der Waals surface area contributed by atoms with Gasteiger partial charge in [-0.15, -0.1) is 0 Å². The van der Waals surface area contributed by atoms with E-state index in [0.717, 1.165) is 18.2 Å². The number of aryl methyl sites for hydroxylation is 1. The van der Waals surface area contributed by atoms with Crippen molar-refractivity contribution >= 4 is 20.2 Å². The summed E-state index contributed by atoms with van der Waals surface area (Å²) in [6, 6.07) is 2.87. The van der Waals surface area contributed by atoms with Crippen LogP contribution in [0.1, 0.15) is 12.5 Å². The molecule has 6 nitrogen and oxygen atoms in total. The van der Waals surface area contributed by atoms with Gasteiger partial charge in [0, 0.05) is 0 Å². The molecule has 0 amide bonds. The molecule has 0 unspecified atom stereocenters. The molecular formula is C8H10O6S2. The molecule has 1 rings (SSSR count). The van der Waals surface area contributed by atoms with Crippen molar-refractivity contribution in [1.82, 2.24) is 0 Å². The molecule has 0 aliphatic rings. The third-order valence-corrected chi connectivity index (χ3v) is 3.79.